The van der Waals surface area contributed by atoms with Crippen LogP contribution in [0.3, 0.4) is 0 Å². The van der Waals surface area contributed by atoms with Gasteiger partial charge in [-0.05, 0) is 6.92 Å². The Labute approximate surface area is 150 Å². The lowest BCUT2D eigenvalue weighted by Crippen LogP contribution is -2.51. The highest BCUT2D eigenvalue weighted by Gasteiger charge is 2.23. The number of amides is 2. The van der Waals surface area contributed by atoms with Gasteiger partial charge in [-0.15, -0.1) is 10.2 Å². The van der Waals surface area contributed by atoms with Crippen LogP contribution < -0.4 is 5.32 Å². The molecule has 0 saturated carbocycles. The molecule has 0 unspecified atom stereocenters. The number of nitrogens with one attached hydrogen (secondary N) is 1. The number of nitrogens with zero attached hydrogens (tertiary/aromatic N) is 5. The van der Waals surface area contributed by atoms with Gasteiger partial charge >= 0.3 is 0 Å². The summed E-state index contributed by atoms with van der Waals surface area (Å²) < 4.78 is 0.800. The highest BCUT2D eigenvalue weighted by molar-refractivity contribution is 8.01. The SMILES string of the molecule is CCNc1nnc(SCC(=O)N2CCN(CC(=O)N(C)C)CC2)s1. The van der Waals surface area contributed by atoms with Gasteiger partial charge in [-0.3, -0.25) is 14.5 Å². The lowest BCUT2D eigenvalue weighted by molar-refractivity contribution is -0.132. The summed E-state index contributed by atoms with van der Waals surface area (Å²) in [7, 11) is 3.52. The molecule has 1 saturated heterocycles. The van der Waals surface area contributed by atoms with Crippen LogP contribution in [-0.4, -0.2) is 95.8 Å². The first-order valence-electron chi connectivity index (χ1n) is 7.90. The third-order valence-electron chi connectivity index (χ3n) is 3.64. The van der Waals surface area contributed by atoms with E-state index in [1.165, 1.54) is 23.1 Å². The van der Waals surface area contributed by atoms with Crippen molar-refractivity contribution in [2.45, 2.75) is 11.3 Å². The first-order chi connectivity index (χ1) is 11.5. The Morgan fingerprint density at radius 3 is 2.58 bits per heavy atom. The Balaban J connectivity index is 1.71. The van der Waals surface area contributed by atoms with Crippen molar-refractivity contribution in [3.63, 3.8) is 0 Å². The summed E-state index contributed by atoms with van der Waals surface area (Å²) in [6.07, 6.45) is 0. The Hall–Kier alpha value is -1.39. The Bertz CT molecular complexity index is 557. The molecular weight excluding hydrogens is 348 g/mol. The third-order valence-corrected chi connectivity index (χ3v) is 5.64. The second kappa shape index (κ2) is 9.19. The minimum atomic E-state index is 0.0955. The van der Waals surface area contributed by atoms with Crippen molar-refractivity contribution < 1.29 is 9.59 Å². The third kappa shape index (κ3) is 5.60. The molecule has 1 fully saturated rings. The van der Waals surface area contributed by atoms with E-state index in [1.807, 2.05) is 11.8 Å². The van der Waals surface area contributed by atoms with Crippen LogP contribution in [0.5, 0.6) is 0 Å². The number of carbonyl (C=O) groups is 2. The predicted octanol–water partition coefficient (Wildman–Crippen LogP) is 0.294. The summed E-state index contributed by atoms with van der Waals surface area (Å²) in [5.41, 5.74) is 0. The molecule has 1 aliphatic rings. The molecule has 24 heavy (non-hydrogen) atoms. The second-order valence-corrected chi connectivity index (χ2v) is 7.84. The van der Waals surface area contributed by atoms with Gasteiger partial charge in [0.15, 0.2) is 4.34 Å². The number of thioether (sulfide) groups is 1. The molecule has 2 rings (SSSR count). The van der Waals surface area contributed by atoms with Crippen molar-refractivity contribution in [3.05, 3.63) is 0 Å². The zero-order valence-electron chi connectivity index (χ0n) is 14.3. The van der Waals surface area contributed by atoms with E-state index in [0.29, 0.717) is 25.4 Å². The molecule has 0 aromatic carbocycles. The van der Waals surface area contributed by atoms with Gasteiger partial charge < -0.3 is 15.1 Å². The Kier molecular flexibility index (Phi) is 7.25. The summed E-state index contributed by atoms with van der Waals surface area (Å²) in [5, 5.41) is 12.0. The van der Waals surface area contributed by atoms with Gasteiger partial charge in [0, 0.05) is 46.8 Å². The van der Waals surface area contributed by atoms with E-state index in [9.17, 15) is 9.59 Å². The van der Waals surface area contributed by atoms with Crippen molar-refractivity contribution in [1.82, 2.24) is 24.9 Å². The number of likely N-dealkylation sites (N-methyl/N-ethyl adjacent to an activating group) is 1. The standard InChI is InChI=1S/C14H24N6O2S2/c1-4-15-13-16-17-14(24-13)23-10-12(22)20-7-5-19(6-8-20)9-11(21)18(2)3/h4-10H2,1-3H3,(H,15,16). The van der Waals surface area contributed by atoms with Gasteiger partial charge in [0.05, 0.1) is 12.3 Å². The van der Waals surface area contributed by atoms with Crippen LogP contribution in [0.15, 0.2) is 4.34 Å². The maximum atomic E-state index is 12.3. The molecule has 1 aromatic heterocycles. The highest BCUT2D eigenvalue weighted by atomic mass is 32.2. The zero-order valence-corrected chi connectivity index (χ0v) is 16.0. The quantitative estimate of drug-likeness (QED) is 0.689. The minimum Gasteiger partial charge on any atom is -0.360 e. The highest BCUT2D eigenvalue weighted by Crippen LogP contribution is 2.25. The summed E-state index contributed by atoms with van der Waals surface area (Å²) in [4.78, 5) is 29.6. The number of rotatable bonds is 7. The van der Waals surface area contributed by atoms with Crippen molar-refractivity contribution in [2.24, 2.45) is 0 Å². The van der Waals surface area contributed by atoms with Gasteiger partial charge in [0.2, 0.25) is 16.9 Å². The molecule has 0 aliphatic carbocycles. The van der Waals surface area contributed by atoms with Gasteiger partial charge in [-0.25, -0.2) is 0 Å². The first-order valence-corrected chi connectivity index (χ1v) is 9.70. The van der Waals surface area contributed by atoms with E-state index in [1.54, 1.807) is 19.0 Å². The van der Waals surface area contributed by atoms with Crippen molar-refractivity contribution in [2.75, 3.05) is 64.4 Å². The minimum absolute atomic E-state index is 0.0955. The van der Waals surface area contributed by atoms with E-state index in [4.69, 9.17) is 0 Å². The van der Waals surface area contributed by atoms with Crippen LogP contribution in [0, 0.1) is 0 Å². The number of carbonyl (C=O) groups excluding carboxylic acids is 2. The van der Waals surface area contributed by atoms with E-state index < -0.39 is 0 Å². The molecule has 0 radical (unpaired) electrons. The largest absolute Gasteiger partial charge is 0.360 e. The van der Waals surface area contributed by atoms with Gasteiger partial charge in [-0.2, -0.15) is 0 Å². The van der Waals surface area contributed by atoms with Crippen LogP contribution in [0.2, 0.25) is 0 Å². The van der Waals surface area contributed by atoms with Crippen molar-refractivity contribution in [1.29, 1.82) is 0 Å². The molecular formula is C14H24N6O2S2. The van der Waals surface area contributed by atoms with Crippen molar-refractivity contribution >= 4 is 40.0 Å². The molecule has 8 nitrogen and oxygen atoms in total. The monoisotopic (exact) mass is 372 g/mol. The van der Waals surface area contributed by atoms with Gasteiger partial charge in [-0.1, -0.05) is 23.1 Å². The lowest BCUT2D eigenvalue weighted by Gasteiger charge is -2.34. The van der Waals surface area contributed by atoms with E-state index in [2.05, 4.69) is 20.4 Å². The first kappa shape index (κ1) is 18.9. The molecule has 0 atom stereocenters. The van der Waals surface area contributed by atoms with E-state index in [0.717, 1.165) is 29.1 Å². The lowest BCUT2D eigenvalue weighted by atomic mass is 10.3. The van der Waals surface area contributed by atoms with Crippen LogP contribution >= 0.6 is 23.1 Å². The molecule has 134 valence electrons. The second-order valence-electron chi connectivity index (χ2n) is 5.64. The summed E-state index contributed by atoms with van der Waals surface area (Å²) in [5.74, 6) is 0.578. The molecule has 2 amide bonds. The van der Waals surface area contributed by atoms with Crippen molar-refractivity contribution in [3.8, 4) is 0 Å². The Morgan fingerprint density at radius 1 is 1.25 bits per heavy atom. The van der Waals surface area contributed by atoms with Crippen LogP contribution in [0.1, 0.15) is 6.92 Å². The maximum Gasteiger partial charge on any atom is 0.236 e. The fourth-order valence-corrected chi connectivity index (χ4v) is 3.92. The topological polar surface area (TPSA) is 81.7 Å². The number of piperazine rings is 1. The molecule has 1 N–H and O–H groups in total. The molecule has 0 spiro atoms. The predicted molar refractivity (Wildman–Crippen MR) is 96.5 cm³/mol. The zero-order chi connectivity index (χ0) is 17.5. The number of aromatic nitrogens is 2. The van der Waals surface area contributed by atoms with E-state index >= 15 is 0 Å². The fourth-order valence-electron chi connectivity index (χ4n) is 2.19. The molecule has 10 heteroatoms. The summed E-state index contributed by atoms with van der Waals surface area (Å²) in [6.45, 7) is 6.03. The number of hydrogen-bond acceptors (Lipinski definition) is 8. The molecule has 1 aromatic rings. The average molecular weight is 373 g/mol. The molecule has 2 heterocycles. The average Bonchev–Trinajstić information content (AvgIpc) is 3.01. The molecule has 1 aliphatic heterocycles. The fraction of sp³-hybridized carbons (Fsp3) is 0.714. The van der Waals surface area contributed by atoms with Gasteiger partial charge in [0.25, 0.3) is 0 Å². The normalized spacial score (nSPS) is 15.4. The smallest absolute Gasteiger partial charge is 0.236 e. The van der Waals surface area contributed by atoms with Crippen LogP contribution in [0.25, 0.3) is 0 Å². The molecule has 0 bridgehead atoms. The summed E-state index contributed by atoms with van der Waals surface area (Å²) in [6, 6.07) is 0. The van der Waals surface area contributed by atoms with Gasteiger partial charge in [0.1, 0.15) is 0 Å². The Morgan fingerprint density at radius 2 is 1.96 bits per heavy atom. The maximum absolute atomic E-state index is 12.3. The van der Waals surface area contributed by atoms with E-state index in [-0.39, 0.29) is 11.8 Å². The number of hydrogen-bond donors (Lipinski definition) is 1. The van der Waals surface area contributed by atoms with Crippen LogP contribution in [-0.2, 0) is 9.59 Å². The van der Waals surface area contributed by atoms with Crippen LogP contribution in [0.4, 0.5) is 5.13 Å². The summed E-state index contributed by atoms with van der Waals surface area (Å²) >= 11 is 2.89. The number of anilines is 1.